The Labute approximate surface area is 145 Å². The first-order valence-electron chi connectivity index (χ1n) is 7.99. The second-order valence-electron chi connectivity index (χ2n) is 5.64. The van der Waals surface area contributed by atoms with Gasteiger partial charge in [0.15, 0.2) is 0 Å². The van der Waals surface area contributed by atoms with Crippen LogP contribution in [0.5, 0.6) is 5.75 Å². The maximum absolute atomic E-state index is 12.9. The Morgan fingerprint density at radius 2 is 1.96 bits per heavy atom. The van der Waals surface area contributed by atoms with E-state index in [1.54, 1.807) is 0 Å². The lowest BCUT2D eigenvalue weighted by Crippen LogP contribution is -2.30. The molecule has 0 saturated carbocycles. The van der Waals surface area contributed by atoms with Crippen LogP contribution in [0.25, 0.3) is 0 Å². The van der Waals surface area contributed by atoms with E-state index in [9.17, 15) is 4.79 Å². The molecule has 0 spiro atoms. The molecule has 1 saturated heterocycles. The number of hydrogen-bond donors (Lipinski definition) is 0. The summed E-state index contributed by atoms with van der Waals surface area (Å²) in [5, 5.41) is 0. The topological polar surface area (TPSA) is 29.5 Å². The summed E-state index contributed by atoms with van der Waals surface area (Å²) in [5.41, 5.74) is 1.90. The van der Waals surface area contributed by atoms with Gasteiger partial charge in [-0.05, 0) is 65.5 Å². The van der Waals surface area contributed by atoms with Crippen LogP contribution in [0.15, 0.2) is 53.0 Å². The fraction of sp³-hybridized carbons (Fsp3) is 0.316. The van der Waals surface area contributed by atoms with Crippen LogP contribution in [0.1, 0.15) is 41.7 Å². The second-order valence-corrected chi connectivity index (χ2v) is 6.49. The molecule has 0 bridgehead atoms. The van der Waals surface area contributed by atoms with E-state index in [-0.39, 0.29) is 11.9 Å². The Morgan fingerprint density at radius 1 is 1.22 bits per heavy atom. The highest BCUT2D eigenvalue weighted by Gasteiger charge is 2.31. The van der Waals surface area contributed by atoms with Crippen molar-refractivity contribution in [1.82, 2.24) is 4.90 Å². The Balaban J connectivity index is 1.82. The summed E-state index contributed by atoms with van der Waals surface area (Å²) in [6, 6.07) is 15.9. The summed E-state index contributed by atoms with van der Waals surface area (Å²) < 4.78 is 6.35. The smallest absolute Gasteiger partial charge is 0.255 e. The lowest BCUT2D eigenvalue weighted by Gasteiger charge is -2.25. The van der Waals surface area contributed by atoms with Gasteiger partial charge in [0.25, 0.3) is 5.91 Å². The highest BCUT2D eigenvalue weighted by Crippen LogP contribution is 2.34. The SMILES string of the molecule is CCOc1ccc([C@@H]2CCCN2C(=O)c2ccccc2Br)cc1. The van der Waals surface area contributed by atoms with Gasteiger partial charge in [-0.2, -0.15) is 0 Å². The number of nitrogens with zero attached hydrogens (tertiary/aromatic N) is 1. The molecule has 0 unspecified atom stereocenters. The van der Waals surface area contributed by atoms with Gasteiger partial charge in [0.1, 0.15) is 5.75 Å². The second kappa shape index (κ2) is 7.18. The third kappa shape index (κ3) is 3.42. The molecule has 0 radical (unpaired) electrons. The normalized spacial score (nSPS) is 17.3. The molecule has 1 heterocycles. The molecule has 120 valence electrons. The van der Waals surface area contributed by atoms with Crippen molar-refractivity contribution in [2.45, 2.75) is 25.8 Å². The standard InChI is InChI=1S/C19H20BrNO2/c1-2-23-15-11-9-14(10-12-15)18-8-5-13-21(18)19(22)16-6-3-4-7-17(16)20/h3-4,6-7,9-12,18H,2,5,8,13H2,1H3/t18-/m0/s1. The van der Waals surface area contributed by atoms with Gasteiger partial charge < -0.3 is 9.64 Å². The number of benzene rings is 2. The quantitative estimate of drug-likeness (QED) is 0.768. The van der Waals surface area contributed by atoms with E-state index in [2.05, 4.69) is 28.1 Å². The van der Waals surface area contributed by atoms with Crippen LogP contribution < -0.4 is 4.74 Å². The summed E-state index contributed by atoms with van der Waals surface area (Å²) in [5.74, 6) is 0.965. The van der Waals surface area contributed by atoms with Crippen LogP contribution in [0.4, 0.5) is 0 Å². The van der Waals surface area contributed by atoms with E-state index in [1.165, 1.54) is 5.56 Å². The molecular weight excluding hydrogens is 354 g/mol. The van der Waals surface area contributed by atoms with Crippen LogP contribution in [-0.2, 0) is 0 Å². The fourth-order valence-corrected chi connectivity index (χ4v) is 3.55. The minimum atomic E-state index is 0.0915. The van der Waals surface area contributed by atoms with Crippen LogP contribution in [0, 0.1) is 0 Å². The van der Waals surface area contributed by atoms with Gasteiger partial charge in [-0.25, -0.2) is 0 Å². The van der Waals surface area contributed by atoms with Gasteiger partial charge >= 0.3 is 0 Å². The Bertz CT molecular complexity index is 684. The largest absolute Gasteiger partial charge is 0.494 e. The van der Waals surface area contributed by atoms with Crippen LogP contribution in [-0.4, -0.2) is 24.0 Å². The van der Waals surface area contributed by atoms with E-state index in [0.29, 0.717) is 6.61 Å². The number of carbonyl (C=O) groups excluding carboxylic acids is 1. The van der Waals surface area contributed by atoms with Crippen molar-refractivity contribution in [2.24, 2.45) is 0 Å². The van der Waals surface area contributed by atoms with Gasteiger partial charge in [0.2, 0.25) is 0 Å². The van der Waals surface area contributed by atoms with Crippen LogP contribution >= 0.6 is 15.9 Å². The first kappa shape index (κ1) is 16.1. The molecule has 2 aromatic carbocycles. The van der Waals surface area contributed by atoms with Crippen LogP contribution in [0.3, 0.4) is 0 Å². The minimum absolute atomic E-state index is 0.0915. The molecule has 0 aromatic heterocycles. The highest BCUT2D eigenvalue weighted by atomic mass is 79.9. The first-order chi connectivity index (χ1) is 11.2. The van der Waals surface area contributed by atoms with E-state index < -0.39 is 0 Å². The zero-order chi connectivity index (χ0) is 16.2. The predicted octanol–water partition coefficient (Wildman–Crippen LogP) is 4.83. The molecule has 4 heteroatoms. The van der Waals surface area contributed by atoms with Crippen molar-refractivity contribution in [3.63, 3.8) is 0 Å². The number of carbonyl (C=O) groups is 1. The summed E-state index contributed by atoms with van der Waals surface area (Å²) >= 11 is 3.48. The maximum atomic E-state index is 12.9. The third-order valence-corrected chi connectivity index (χ3v) is 4.89. The summed E-state index contributed by atoms with van der Waals surface area (Å²) in [6.45, 7) is 3.44. The average molecular weight is 374 g/mol. The molecule has 1 fully saturated rings. The van der Waals surface area contributed by atoms with Gasteiger partial charge in [-0.3, -0.25) is 4.79 Å². The van der Waals surface area contributed by atoms with Crippen molar-refractivity contribution in [3.8, 4) is 5.75 Å². The van der Waals surface area contributed by atoms with Crippen LogP contribution in [0.2, 0.25) is 0 Å². The Hall–Kier alpha value is -1.81. The molecule has 1 amide bonds. The van der Waals surface area contributed by atoms with Crippen molar-refractivity contribution < 1.29 is 9.53 Å². The number of rotatable bonds is 4. The molecule has 23 heavy (non-hydrogen) atoms. The lowest BCUT2D eigenvalue weighted by atomic mass is 10.0. The first-order valence-corrected chi connectivity index (χ1v) is 8.78. The van der Waals surface area contributed by atoms with Crippen molar-refractivity contribution >= 4 is 21.8 Å². The fourth-order valence-electron chi connectivity index (χ4n) is 3.10. The average Bonchev–Trinajstić information content (AvgIpc) is 3.05. The number of hydrogen-bond acceptors (Lipinski definition) is 2. The molecule has 2 aromatic rings. The molecule has 0 N–H and O–H groups in total. The van der Waals surface area contributed by atoms with Crippen molar-refractivity contribution in [2.75, 3.05) is 13.2 Å². The van der Waals surface area contributed by atoms with Gasteiger partial charge in [-0.1, -0.05) is 24.3 Å². The zero-order valence-electron chi connectivity index (χ0n) is 13.2. The highest BCUT2D eigenvalue weighted by molar-refractivity contribution is 9.10. The zero-order valence-corrected chi connectivity index (χ0v) is 14.8. The van der Waals surface area contributed by atoms with Crippen molar-refractivity contribution in [1.29, 1.82) is 0 Å². The summed E-state index contributed by atoms with van der Waals surface area (Å²) in [6.07, 6.45) is 2.04. The van der Waals surface area contributed by atoms with Crippen molar-refractivity contribution in [3.05, 3.63) is 64.1 Å². The van der Waals surface area contributed by atoms with Gasteiger partial charge in [0.05, 0.1) is 18.2 Å². The van der Waals surface area contributed by atoms with E-state index in [1.807, 2.05) is 48.2 Å². The summed E-state index contributed by atoms with van der Waals surface area (Å²) in [4.78, 5) is 14.9. The number of halogens is 1. The third-order valence-electron chi connectivity index (χ3n) is 4.19. The predicted molar refractivity (Wildman–Crippen MR) is 94.8 cm³/mol. The molecule has 1 aliphatic heterocycles. The summed E-state index contributed by atoms with van der Waals surface area (Å²) in [7, 11) is 0. The molecule has 3 nitrogen and oxygen atoms in total. The number of likely N-dealkylation sites (tertiary alicyclic amines) is 1. The van der Waals surface area contributed by atoms with Gasteiger partial charge in [0, 0.05) is 11.0 Å². The van der Waals surface area contributed by atoms with E-state index in [0.717, 1.165) is 35.2 Å². The maximum Gasteiger partial charge on any atom is 0.255 e. The van der Waals surface area contributed by atoms with E-state index >= 15 is 0 Å². The minimum Gasteiger partial charge on any atom is -0.494 e. The Morgan fingerprint density at radius 3 is 2.65 bits per heavy atom. The van der Waals surface area contributed by atoms with Gasteiger partial charge in [-0.15, -0.1) is 0 Å². The van der Waals surface area contributed by atoms with E-state index in [4.69, 9.17) is 4.74 Å². The molecular formula is C19H20BrNO2. The Kier molecular flexibility index (Phi) is 5.01. The molecule has 1 atom stereocenters. The monoisotopic (exact) mass is 373 g/mol. The molecule has 1 aliphatic rings. The number of ether oxygens (including phenoxy) is 1. The lowest BCUT2D eigenvalue weighted by molar-refractivity contribution is 0.0734. The molecule has 3 rings (SSSR count). The number of amides is 1. The molecule has 0 aliphatic carbocycles.